The summed E-state index contributed by atoms with van der Waals surface area (Å²) >= 11 is 17.5. The highest BCUT2D eigenvalue weighted by molar-refractivity contribution is 6.43. The molecule has 2 rings (SSSR count). The van der Waals surface area contributed by atoms with Crippen LogP contribution in [0.1, 0.15) is 20.7 Å². The standard InChI is InChI=1S/C14H9Cl3N2O3/c15-7-4-5-11(20)9(6-7)14(22)19-18-13(21)8-2-1-3-10(16)12(8)17/h1-6,20H,(H,18,21)(H,19,22). The third-order valence-corrected chi connectivity index (χ3v) is 3.74. The van der Waals surface area contributed by atoms with Crippen molar-refractivity contribution in [1.29, 1.82) is 0 Å². The van der Waals surface area contributed by atoms with E-state index in [1.165, 1.54) is 30.3 Å². The number of hydrogen-bond donors (Lipinski definition) is 3. The van der Waals surface area contributed by atoms with Crippen molar-refractivity contribution in [3.8, 4) is 5.75 Å². The molecule has 0 radical (unpaired) electrons. The second kappa shape index (κ2) is 6.87. The first-order valence-corrected chi connectivity index (χ1v) is 7.06. The summed E-state index contributed by atoms with van der Waals surface area (Å²) in [6, 6.07) is 8.50. The van der Waals surface area contributed by atoms with Gasteiger partial charge in [-0.1, -0.05) is 40.9 Å². The van der Waals surface area contributed by atoms with Crippen LogP contribution in [0.3, 0.4) is 0 Å². The molecule has 3 N–H and O–H groups in total. The molecular formula is C14H9Cl3N2O3. The minimum absolute atomic E-state index is 0.0709. The Morgan fingerprint density at radius 3 is 2.23 bits per heavy atom. The van der Waals surface area contributed by atoms with Crippen LogP contribution in [0.25, 0.3) is 0 Å². The van der Waals surface area contributed by atoms with Crippen LogP contribution in [0.4, 0.5) is 0 Å². The van der Waals surface area contributed by atoms with Crippen molar-refractivity contribution < 1.29 is 14.7 Å². The molecule has 2 amide bonds. The molecule has 0 bridgehead atoms. The van der Waals surface area contributed by atoms with Gasteiger partial charge in [0.2, 0.25) is 0 Å². The van der Waals surface area contributed by atoms with E-state index in [1.807, 2.05) is 0 Å². The topological polar surface area (TPSA) is 78.4 Å². The quantitative estimate of drug-likeness (QED) is 0.719. The van der Waals surface area contributed by atoms with E-state index in [-0.39, 0.29) is 31.9 Å². The Hall–Kier alpha value is -1.95. The average Bonchev–Trinajstić information content (AvgIpc) is 2.49. The summed E-state index contributed by atoms with van der Waals surface area (Å²) < 4.78 is 0. The van der Waals surface area contributed by atoms with Gasteiger partial charge in [-0.25, -0.2) is 0 Å². The van der Waals surface area contributed by atoms with Crippen LogP contribution in [0, 0.1) is 0 Å². The Kier molecular flexibility index (Phi) is 5.13. The van der Waals surface area contributed by atoms with Gasteiger partial charge in [0.15, 0.2) is 0 Å². The third-order valence-electron chi connectivity index (χ3n) is 2.69. The fourth-order valence-electron chi connectivity index (χ4n) is 1.62. The number of benzene rings is 2. The number of carbonyl (C=O) groups excluding carboxylic acids is 2. The number of phenols is 1. The van der Waals surface area contributed by atoms with Crippen molar-refractivity contribution in [2.45, 2.75) is 0 Å². The molecule has 0 aliphatic heterocycles. The number of nitrogens with one attached hydrogen (secondary N) is 2. The molecule has 0 aliphatic carbocycles. The molecule has 0 atom stereocenters. The van der Waals surface area contributed by atoms with Gasteiger partial charge < -0.3 is 5.11 Å². The molecule has 0 saturated heterocycles. The number of hydrogen-bond acceptors (Lipinski definition) is 3. The van der Waals surface area contributed by atoms with Crippen LogP contribution in [-0.4, -0.2) is 16.9 Å². The zero-order valence-electron chi connectivity index (χ0n) is 10.9. The Labute approximate surface area is 140 Å². The zero-order chi connectivity index (χ0) is 16.3. The van der Waals surface area contributed by atoms with Crippen molar-refractivity contribution in [3.63, 3.8) is 0 Å². The highest BCUT2D eigenvalue weighted by Crippen LogP contribution is 2.25. The number of hydrazine groups is 1. The van der Waals surface area contributed by atoms with E-state index in [2.05, 4.69) is 10.9 Å². The molecule has 0 unspecified atom stereocenters. The summed E-state index contributed by atoms with van der Waals surface area (Å²) in [4.78, 5) is 23.8. The largest absolute Gasteiger partial charge is 0.507 e. The number of phenolic OH excluding ortho intramolecular Hbond substituents is 1. The van der Waals surface area contributed by atoms with Gasteiger partial charge in [0.1, 0.15) is 5.75 Å². The SMILES string of the molecule is O=C(NNC(=O)c1cccc(Cl)c1Cl)c1cc(Cl)ccc1O. The summed E-state index contributed by atoms with van der Waals surface area (Å²) in [5, 5.41) is 10.2. The minimum Gasteiger partial charge on any atom is -0.507 e. The molecule has 114 valence electrons. The summed E-state index contributed by atoms with van der Waals surface area (Å²) in [5.41, 5.74) is 4.35. The van der Waals surface area contributed by atoms with Crippen LogP contribution in [-0.2, 0) is 0 Å². The fraction of sp³-hybridized carbons (Fsp3) is 0. The van der Waals surface area contributed by atoms with E-state index in [0.717, 1.165) is 0 Å². The van der Waals surface area contributed by atoms with E-state index in [4.69, 9.17) is 34.8 Å². The molecule has 8 heteroatoms. The molecule has 0 aliphatic rings. The highest BCUT2D eigenvalue weighted by Gasteiger charge is 2.15. The van der Waals surface area contributed by atoms with Crippen LogP contribution >= 0.6 is 34.8 Å². The summed E-state index contributed by atoms with van der Waals surface area (Å²) in [5.74, 6) is -1.65. The molecule has 22 heavy (non-hydrogen) atoms. The summed E-state index contributed by atoms with van der Waals surface area (Å²) in [7, 11) is 0. The first-order chi connectivity index (χ1) is 10.4. The second-order valence-electron chi connectivity index (χ2n) is 4.17. The van der Waals surface area contributed by atoms with E-state index < -0.39 is 11.8 Å². The van der Waals surface area contributed by atoms with Crippen molar-refractivity contribution in [2.75, 3.05) is 0 Å². The lowest BCUT2D eigenvalue weighted by Crippen LogP contribution is -2.41. The normalized spacial score (nSPS) is 10.1. The lowest BCUT2D eigenvalue weighted by atomic mass is 10.2. The highest BCUT2D eigenvalue weighted by atomic mass is 35.5. The third kappa shape index (κ3) is 3.62. The molecule has 0 heterocycles. The van der Waals surface area contributed by atoms with Crippen LogP contribution in [0.5, 0.6) is 5.75 Å². The lowest BCUT2D eigenvalue weighted by molar-refractivity contribution is 0.0845. The van der Waals surface area contributed by atoms with E-state index in [1.54, 1.807) is 6.07 Å². The van der Waals surface area contributed by atoms with Crippen LogP contribution < -0.4 is 10.9 Å². The van der Waals surface area contributed by atoms with Gasteiger partial charge in [-0.05, 0) is 30.3 Å². The van der Waals surface area contributed by atoms with Gasteiger partial charge >= 0.3 is 0 Å². The fourth-order valence-corrected chi connectivity index (χ4v) is 2.18. The number of amides is 2. The molecule has 0 saturated carbocycles. The molecule has 2 aromatic rings. The molecule has 0 aromatic heterocycles. The first kappa shape index (κ1) is 16.4. The Morgan fingerprint density at radius 2 is 1.55 bits per heavy atom. The number of aromatic hydroxyl groups is 1. The molecule has 2 aromatic carbocycles. The van der Waals surface area contributed by atoms with Crippen molar-refractivity contribution >= 4 is 46.6 Å². The predicted octanol–water partition coefficient (Wildman–Crippen LogP) is 3.43. The van der Waals surface area contributed by atoms with Gasteiger partial charge in [-0.15, -0.1) is 0 Å². The maximum absolute atomic E-state index is 11.9. The predicted molar refractivity (Wildman–Crippen MR) is 84.5 cm³/mol. The average molecular weight is 360 g/mol. The summed E-state index contributed by atoms with van der Waals surface area (Å²) in [6.45, 7) is 0. The molecule has 0 spiro atoms. The van der Waals surface area contributed by atoms with E-state index >= 15 is 0 Å². The second-order valence-corrected chi connectivity index (χ2v) is 5.39. The lowest BCUT2D eigenvalue weighted by Gasteiger charge is -2.10. The van der Waals surface area contributed by atoms with Crippen molar-refractivity contribution in [2.24, 2.45) is 0 Å². The Balaban J connectivity index is 2.09. The molecule has 0 fully saturated rings. The number of carbonyl (C=O) groups is 2. The first-order valence-electron chi connectivity index (χ1n) is 5.93. The maximum Gasteiger partial charge on any atom is 0.273 e. The molecular weight excluding hydrogens is 351 g/mol. The van der Waals surface area contributed by atoms with Gasteiger partial charge in [0.05, 0.1) is 21.2 Å². The Morgan fingerprint density at radius 1 is 0.909 bits per heavy atom. The monoisotopic (exact) mass is 358 g/mol. The molecule has 5 nitrogen and oxygen atoms in total. The number of halogens is 3. The number of rotatable bonds is 2. The smallest absolute Gasteiger partial charge is 0.273 e. The van der Waals surface area contributed by atoms with Gasteiger partial charge in [-0.2, -0.15) is 0 Å². The van der Waals surface area contributed by atoms with Crippen molar-refractivity contribution in [3.05, 3.63) is 62.6 Å². The Bertz CT molecular complexity index is 736. The van der Waals surface area contributed by atoms with Gasteiger partial charge in [-0.3, -0.25) is 20.4 Å². The van der Waals surface area contributed by atoms with E-state index in [9.17, 15) is 14.7 Å². The van der Waals surface area contributed by atoms with Gasteiger partial charge in [0, 0.05) is 5.02 Å². The summed E-state index contributed by atoms with van der Waals surface area (Å²) in [6.07, 6.45) is 0. The van der Waals surface area contributed by atoms with Crippen LogP contribution in [0.15, 0.2) is 36.4 Å². The maximum atomic E-state index is 11.9. The minimum atomic E-state index is -0.730. The van der Waals surface area contributed by atoms with Crippen LogP contribution in [0.2, 0.25) is 15.1 Å². The van der Waals surface area contributed by atoms with Gasteiger partial charge in [0.25, 0.3) is 11.8 Å². The van der Waals surface area contributed by atoms with Crippen molar-refractivity contribution in [1.82, 2.24) is 10.9 Å². The van der Waals surface area contributed by atoms with E-state index in [0.29, 0.717) is 0 Å². The zero-order valence-corrected chi connectivity index (χ0v) is 13.1.